The Hall–Kier alpha value is -2.82. The second-order valence-electron chi connectivity index (χ2n) is 4.87. The SMILES string of the molecule is Cc1ccc(NC(=O)c2ccc3c(c2)OCC(=O)N3)cc1. The molecule has 1 heterocycles. The number of anilines is 2. The second kappa shape index (κ2) is 5.28. The summed E-state index contributed by atoms with van der Waals surface area (Å²) in [6.45, 7) is 1.96. The smallest absolute Gasteiger partial charge is 0.262 e. The first-order valence-corrected chi connectivity index (χ1v) is 6.56. The number of amides is 2. The highest BCUT2D eigenvalue weighted by Gasteiger charge is 2.17. The van der Waals surface area contributed by atoms with Crippen LogP contribution in [0.3, 0.4) is 0 Å². The van der Waals surface area contributed by atoms with Crippen LogP contribution in [0.25, 0.3) is 0 Å². The first-order chi connectivity index (χ1) is 10.1. The van der Waals surface area contributed by atoms with E-state index >= 15 is 0 Å². The van der Waals surface area contributed by atoms with E-state index in [1.165, 1.54) is 0 Å². The number of carbonyl (C=O) groups is 2. The Morgan fingerprint density at radius 3 is 2.71 bits per heavy atom. The van der Waals surface area contributed by atoms with Gasteiger partial charge in [-0.1, -0.05) is 17.7 Å². The Morgan fingerprint density at radius 1 is 1.19 bits per heavy atom. The average molecular weight is 282 g/mol. The van der Waals surface area contributed by atoms with E-state index < -0.39 is 0 Å². The largest absolute Gasteiger partial charge is 0.482 e. The lowest BCUT2D eigenvalue weighted by atomic mass is 10.1. The molecular formula is C16H14N2O3. The van der Waals surface area contributed by atoms with E-state index in [1.807, 2.05) is 31.2 Å². The fraction of sp³-hybridized carbons (Fsp3) is 0.125. The van der Waals surface area contributed by atoms with Gasteiger partial charge in [0.1, 0.15) is 5.75 Å². The average Bonchev–Trinajstić information content (AvgIpc) is 2.49. The fourth-order valence-electron chi connectivity index (χ4n) is 2.06. The normalized spacial score (nSPS) is 12.9. The molecule has 106 valence electrons. The number of nitrogens with one attached hydrogen (secondary N) is 2. The summed E-state index contributed by atoms with van der Waals surface area (Å²) < 4.78 is 5.30. The standard InChI is InChI=1S/C16H14N2O3/c1-10-2-5-12(6-3-10)17-16(20)11-4-7-13-14(8-11)21-9-15(19)18-13/h2-8H,9H2,1H3,(H,17,20)(H,18,19). The summed E-state index contributed by atoms with van der Waals surface area (Å²) in [5, 5.41) is 5.51. The summed E-state index contributed by atoms with van der Waals surface area (Å²) in [6.07, 6.45) is 0. The maximum Gasteiger partial charge on any atom is 0.262 e. The minimum Gasteiger partial charge on any atom is -0.482 e. The highest BCUT2D eigenvalue weighted by atomic mass is 16.5. The molecule has 5 heteroatoms. The second-order valence-corrected chi connectivity index (χ2v) is 4.87. The van der Waals surface area contributed by atoms with Crippen LogP contribution in [0, 0.1) is 6.92 Å². The van der Waals surface area contributed by atoms with Crippen LogP contribution in [-0.2, 0) is 4.79 Å². The minimum absolute atomic E-state index is 0.0317. The van der Waals surface area contributed by atoms with E-state index in [-0.39, 0.29) is 18.4 Å². The van der Waals surface area contributed by atoms with Gasteiger partial charge in [-0.15, -0.1) is 0 Å². The number of rotatable bonds is 2. The van der Waals surface area contributed by atoms with Crippen molar-refractivity contribution in [2.24, 2.45) is 0 Å². The highest BCUT2D eigenvalue weighted by Crippen LogP contribution is 2.28. The molecule has 3 rings (SSSR count). The van der Waals surface area contributed by atoms with Crippen molar-refractivity contribution < 1.29 is 14.3 Å². The van der Waals surface area contributed by atoms with E-state index in [0.717, 1.165) is 11.3 Å². The van der Waals surface area contributed by atoms with Gasteiger partial charge in [-0.25, -0.2) is 0 Å². The number of fused-ring (bicyclic) bond motifs is 1. The molecule has 2 aromatic rings. The third-order valence-corrected chi connectivity index (χ3v) is 3.19. The predicted molar refractivity (Wildman–Crippen MR) is 79.7 cm³/mol. The molecule has 0 bridgehead atoms. The van der Waals surface area contributed by atoms with Crippen LogP contribution in [0.2, 0.25) is 0 Å². The first-order valence-electron chi connectivity index (χ1n) is 6.56. The maximum atomic E-state index is 12.2. The number of ether oxygens (including phenoxy) is 1. The van der Waals surface area contributed by atoms with Gasteiger partial charge in [-0.3, -0.25) is 9.59 Å². The predicted octanol–water partition coefficient (Wildman–Crippen LogP) is 2.58. The van der Waals surface area contributed by atoms with Crippen molar-refractivity contribution in [3.63, 3.8) is 0 Å². The monoisotopic (exact) mass is 282 g/mol. The van der Waals surface area contributed by atoms with Crippen LogP contribution in [0.4, 0.5) is 11.4 Å². The highest BCUT2D eigenvalue weighted by molar-refractivity contribution is 6.05. The van der Waals surface area contributed by atoms with E-state index in [0.29, 0.717) is 17.0 Å². The van der Waals surface area contributed by atoms with Gasteiger partial charge < -0.3 is 15.4 Å². The van der Waals surface area contributed by atoms with Crippen molar-refractivity contribution in [2.75, 3.05) is 17.2 Å². The third kappa shape index (κ3) is 2.86. The van der Waals surface area contributed by atoms with Crippen molar-refractivity contribution >= 4 is 23.2 Å². The number of carbonyl (C=O) groups excluding carboxylic acids is 2. The Balaban J connectivity index is 1.79. The van der Waals surface area contributed by atoms with Crippen molar-refractivity contribution in [3.8, 4) is 5.75 Å². The zero-order valence-corrected chi connectivity index (χ0v) is 11.5. The summed E-state index contributed by atoms with van der Waals surface area (Å²) in [6, 6.07) is 12.5. The van der Waals surface area contributed by atoms with Crippen molar-refractivity contribution in [2.45, 2.75) is 6.92 Å². The Labute approximate surface area is 121 Å². The van der Waals surface area contributed by atoms with E-state index in [2.05, 4.69) is 10.6 Å². The number of aryl methyl sites for hydroxylation is 1. The molecule has 1 aliphatic heterocycles. The molecule has 0 atom stereocenters. The molecule has 21 heavy (non-hydrogen) atoms. The van der Waals surface area contributed by atoms with Gasteiger partial charge in [0.2, 0.25) is 0 Å². The zero-order valence-electron chi connectivity index (χ0n) is 11.5. The van der Waals surface area contributed by atoms with Crippen LogP contribution >= 0.6 is 0 Å². The molecule has 1 aliphatic rings. The lowest BCUT2D eigenvalue weighted by Gasteiger charge is -2.18. The summed E-state index contributed by atoms with van der Waals surface area (Å²) >= 11 is 0. The zero-order chi connectivity index (χ0) is 14.8. The maximum absolute atomic E-state index is 12.2. The minimum atomic E-state index is -0.220. The van der Waals surface area contributed by atoms with Gasteiger partial charge in [0.25, 0.3) is 11.8 Å². The van der Waals surface area contributed by atoms with Crippen LogP contribution in [0.5, 0.6) is 5.75 Å². The molecule has 2 aromatic carbocycles. The molecule has 0 radical (unpaired) electrons. The topological polar surface area (TPSA) is 67.4 Å². The van der Waals surface area contributed by atoms with E-state index in [9.17, 15) is 9.59 Å². The summed E-state index contributed by atoms with van der Waals surface area (Å²) in [4.78, 5) is 23.4. The molecule has 0 unspecified atom stereocenters. The van der Waals surface area contributed by atoms with Crippen LogP contribution in [0.1, 0.15) is 15.9 Å². The molecule has 0 aliphatic carbocycles. The van der Waals surface area contributed by atoms with Crippen molar-refractivity contribution in [1.29, 1.82) is 0 Å². The third-order valence-electron chi connectivity index (χ3n) is 3.19. The van der Waals surface area contributed by atoms with Gasteiger partial charge in [0.15, 0.2) is 6.61 Å². The Bertz CT molecular complexity index is 708. The first kappa shape index (κ1) is 13.2. The molecule has 2 amide bonds. The molecule has 2 N–H and O–H groups in total. The molecule has 0 aromatic heterocycles. The van der Waals surface area contributed by atoms with Gasteiger partial charge in [0, 0.05) is 11.3 Å². The number of hydrogen-bond donors (Lipinski definition) is 2. The van der Waals surface area contributed by atoms with Gasteiger partial charge in [0.05, 0.1) is 5.69 Å². The van der Waals surface area contributed by atoms with Gasteiger partial charge in [-0.2, -0.15) is 0 Å². The lowest BCUT2D eigenvalue weighted by molar-refractivity contribution is -0.118. The molecule has 0 saturated heterocycles. The number of benzene rings is 2. The molecule has 5 nitrogen and oxygen atoms in total. The quantitative estimate of drug-likeness (QED) is 0.889. The fourth-order valence-corrected chi connectivity index (χ4v) is 2.06. The van der Waals surface area contributed by atoms with Crippen LogP contribution in [0.15, 0.2) is 42.5 Å². The molecule has 0 spiro atoms. The molecule has 0 saturated carbocycles. The molecular weight excluding hydrogens is 268 g/mol. The van der Waals surface area contributed by atoms with Crippen molar-refractivity contribution in [1.82, 2.24) is 0 Å². The van der Waals surface area contributed by atoms with Gasteiger partial charge >= 0.3 is 0 Å². The van der Waals surface area contributed by atoms with Crippen LogP contribution < -0.4 is 15.4 Å². The summed E-state index contributed by atoms with van der Waals surface area (Å²) in [7, 11) is 0. The molecule has 0 fully saturated rings. The number of hydrogen-bond acceptors (Lipinski definition) is 3. The summed E-state index contributed by atoms with van der Waals surface area (Å²) in [5.74, 6) is 0.0904. The van der Waals surface area contributed by atoms with E-state index in [1.54, 1.807) is 18.2 Å². The van der Waals surface area contributed by atoms with Crippen LogP contribution in [-0.4, -0.2) is 18.4 Å². The Kier molecular flexibility index (Phi) is 3.31. The van der Waals surface area contributed by atoms with Crippen molar-refractivity contribution in [3.05, 3.63) is 53.6 Å². The van der Waals surface area contributed by atoms with Gasteiger partial charge in [-0.05, 0) is 37.3 Å². The lowest BCUT2D eigenvalue weighted by Crippen LogP contribution is -2.25. The Morgan fingerprint density at radius 2 is 1.95 bits per heavy atom. The summed E-state index contributed by atoms with van der Waals surface area (Å²) in [5.41, 5.74) is 2.92. The van der Waals surface area contributed by atoms with E-state index in [4.69, 9.17) is 4.74 Å².